The lowest BCUT2D eigenvalue weighted by Crippen LogP contribution is -2.41. The molecule has 0 bridgehead atoms. The van der Waals surface area contributed by atoms with Crippen LogP contribution in [0.1, 0.15) is 55.8 Å². The zero-order chi connectivity index (χ0) is 17.5. The Hall–Kier alpha value is -1.62. The molecule has 1 unspecified atom stereocenters. The molecule has 0 aromatic heterocycles. The van der Waals surface area contributed by atoms with Crippen molar-refractivity contribution in [2.75, 3.05) is 13.2 Å². The van der Waals surface area contributed by atoms with Gasteiger partial charge in [-0.2, -0.15) is 0 Å². The minimum absolute atomic E-state index is 0.102. The minimum atomic E-state index is -0.747. The van der Waals surface area contributed by atoms with Crippen molar-refractivity contribution in [1.29, 1.82) is 0 Å². The maximum absolute atomic E-state index is 14.1. The summed E-state index contributed by atoms with van der Waals surface area (Å²) in [6.45, 7) is 2.90. The van der Waals surface area contributed by atoms with E-state index in [-0.39, 0.29) is 10.6 Å². The lowest BCUT2D eigenvalue weighted by Gasteiger charge is -2.23. The van der Waals surface area contributed by atoms with Crippen LogP contribution in [-0.2, 0) is 9.53 Å². The molecule has 1 aromatic rings. The molecule has 6 heteroatoms. The summed E-state index contributed by atoms with van der Waals surface area (Å²) < 4.78 is 19.3. The largest absolute Gasteiger partial charge is 0.464 e. The average molecular weight is 356 g/mol. The summed E-state index contributed by atoms with van der Waals surface area (Å²) in [6.07, 6.45) is 5.31. The quantitative estimate of drug-likeness (QED) is 0.543. The zero-order valence-electron chi connectivity index (χ0n) is 13.9. The number of likely N-dealkylation sites (tertiary alicyclic amines) is 1. The van der Waals surface area contributed by atoms with Crippen LogP contribution < -0.4 is 0 Å². The highest BCUT2D eigenvalue weighted by Gasteiger charge is 2.36. The normalized spacial score (nSPS) is 17.1. The van der Waals surface area contributed by atoms with Crippen LogP contribution in [-0.4, -0.2) is 36.0 Å². The molecule has 1 amide bonds. The molecule has 0 N–H and O–H groups in total. The van der Waals surface area contributed by atoms with Crippen LogP contribution in [0, 0.1) is 5.82 Å². The monoisotopic (exact) mass is 355 g/mol. The van der Waals surface area contributed by atoms with Gasteiger partial charge in [0.05, 0.1) is 17.2 Å². The van der Waals surface area contributed by atoms with Crippen molar-refractivity contribution in [3.8, 4) is 0 Å². The van der Waals surface area contributed by atoms with E-state index in [0.717, 1.165) is 25.7 Å². The number of esters is 1. The molecular weight excluding hydrogens is 333 g/mol. The molecule has 0 radical (unpaired) electrons. The number of carbonyl (C=O) groups is 2. The third-order valence-corrected chi connectivity index (χ3v) is 4.50. The first-order valence-corrected chi connectivity index (χ1v) is 8.85. The number of amides is 1. The number of nitrogens with zero attached hydrogens (tertiary/aromatic N) is 1. The molecule has 0 aliphatic carbocycles. The minimum Gasteiger partial charge on any atom is -0.464 e. The van der Waals surface area contributed by atoms with E-state index in [1.807, 2.05) is 0 Å². The van der Waals surface area contributed by atoms with Crippen LogP contribution in [0.5, 0.6) is 0 Å². The Kier molecular flexibility index (Phi) is 7.03. The van der Waals surface area contributed by atoms with Crippen LogP contribution >= 0.6 is 11.6 Å². The van der Waals surface area contributed by atoms with Gasteiger partial charge in [0.15, 0.2) is 5.82 Å². The van der Waals surface area contributed by atoms with Gasteiger partial charge in [0.2, 0.25) is 0 Å². The van der Waals surface area contributed by atoms with Gasteiger partial charge in [0, 0.05) is 6.54 Å². The summed E-state index contributed by atoms with van der Waals surface area (Å²) in [5.41, 5.74) is -0.106. The lowest BCUT2D eigenvalue weighted by atomic mass is 10.1. The third-order valence-electron chi connectivity index (χ3n) is 4.21. The molecule has 132 valence electrons. The van der Waals surface area contributed by atoms with Gasteiger partial charge in [-0.1, -0.05) is 43.9 Å². The molecule has 1 aromatic carbocycles. The lowest BCUT2D eigenvalue weighted by molar-refractivity contribution is -0.148. The highest BCUT2D eigenvalue weighted by Crippen LogP contribution is 2.25. The van der Waals surface area contributed by atoms with Crippen molar-refractivity contribution in [2.24, 2.45) is 0 Å². The molecule has 1 aliphatic heterocycles. The van der Waals surface area contributed by atoms with Crippen molar-refractivity contribution in [3.63, 3.8) is 0 Å². The number of carbonyl (C=O) groups excluding carboxylic acids is 2. The van der Waals surface area contributed by atoms with E-state index in [9.17, 15) is 14.0 Å². The van der Waals surface area contributed by atoms with E-state index in [1.54, 1.807) is 0 Å². The van der Waals surface area contributed by atoms with E-state index in [1.165, 1.54) is 23.1 Å². The highest BCUT2D eigenvalue weighted by atomic mass is 35.5. The van der Waals surface area contributed by atoms with Gasteiger partial charge in [-0.25, -0.2) is 9.18 Å². The molecule has 1 saturated heterocycles. The number of unbranched alkanes of at least 4 members (excludes halogenated alkanes) is 3. The van der Waals surface area contributed by atoms with Crippen molar-refractivity contribution in [1.82, 2.24) is 4.90 Å². The summed E-state index contributed by atoms with van der Waals surface area (Å²) >= 11 is 5.74. The fourth-order valence-electron chi connectivity index (χ4n) is 2.88. The third kappa shape index (κ3) is 4.47. The second kappa shape index (κ2) is 9.02. The number of rotatable bonds is 7. The smallest absolute Gasteiger partial charge is 0.328 e. The number of benzene rings is 1. The number of hydrogen-bond donors (Lipinski definition) is 0. The number of halogens is 2. The Bertz CT molecular complexity index is 594. The molecule has 0 saturated carbocycles. The number of hydrogen-bond acceptors (Lipinski definition) is 3. The molecule has 1 heterocycles. The fourth-order valence-corrected chi connectivity index (χ4v) is 3.05. The fraction of sp³-hybridized carbons (Fsp3) is 0.556. The second-order valence-electron chi connectivity index (χ2n) is 5.99. The maximum Gasteiger partial charge on any atom is 0.328 e. The first-order chi connectivity index (χ1) is 11.6. The van der Waals surface area contributed by atoms with Crippen molar-refractivity contribution >= 4 is 23.5 Å². The summed E-state index contributed by atoms with van der Waals surface area (Å²) in [4.78, 5) is 26.2. The van der Waals surface area contributed by atoms with Crippen LogP contribution in [0.2, 0.25) is 5.02 Å². The predicted molar refractivity (Wildman–Crippen MR) is 90.6 cm³/mol. The first-order valence-electron chi connectivity index (χ1n) is 8.48. The van der Waals surface area contributed by atoms with Gasteiger partial charge in [0.1, 0.15) is 6.04 Å². The van der Waals surface area contributed by atoms with Crippen LogP contribution in [0.15, 0.2) is 18.2 Å². The topological polar surface area (TPSA) is 46.6 Å². The summed E-state index contributed by atoms with van der Waals surface area (Å²) in [7, 11) is 0. The van der Waals surface area contributed by atoms with Crippen molar-refractivity contribution in [3.05, 3.63) is 34.6 Å². The van der Waals surface area contributed by atoms with Gasteiger partial charge in [-0.05, 0) is 31.4 Å². The summed E-state index contributed by atoms with van der Waals surface area (Å²) in [6, 6.07) is 3.66. The van der Waals surface area contributed by atoms with Crippen molar-refractivity contribution in [2.45, 2.75) is 51.5 Å². The Morgan fingerprint density at radius 2 is 2.12 bits per heavy atom. The van der Waals surface area contributed by atoms with E-state index in [4.69, 9.17) is 16.3 Å². The average Bonchev–Trinajstić information content (AvgIpc) is 3.06. The first kappa shape index (κ1) is 18.7. The predicted octanol–water partition coefficient (Wildman–Crippen LogP) is 4.21. The maximum atomic E-state index is 14.1. The number of ether oxygens (including phenoxy) is 1. The van der Waals surface area contributed by atoms with Crippen LogP contribution in [0.25, 0.3) is 0 Å². The van der Waals surface area contributed by atoms with Gasteiger partial charge >= 0.3 is 5.97 Å². The molecular formula is C18H23ClFNO3. The molecule has 1 atom stereocenters. The summed E-state index contributed by atoms with van der Waals surface area (Å²) in [5.74, 6) is -1.66. The Labute approximate surface area is 146 Å². The van der Waals surface area contributed by atoms with Crippen LogP contribution in [0.3, 0.4) is 0 Å². The Morgan fingerprint density at radius 1 is 1.33 bits per heavy atom. The SMILES string of the molecule is CCCCCCOC(=O)C1CCCN1C(=O)c1cccc(Cl)c1F. The van der Waals surface area contributed by atoms with E-state index in [0.29, 0.717) is 26.0 Å². The standard InChI is InChI=1S/C18H23ClFNO3/c1-2-3-4-5-12-24-18(23)15-10-7-11-21(15)17(22)13-8-6-9-14(19)16(13)20/h6,8-9,15H,2-5,7,10-12H2,1H3. The molecule has 1 fully saturated rings. The molecule has 0 spiro atoms. The van der Waals surface area contributed by atoms with Crippen molar-refractivity contribution < 1.29 is 18.7 Å². The summed E-state index contributed by atoms with van der Waals surface area (Å²) in [5, 5.41) is -0.102. The Balaban J connectivity index is 1.98. The molecule has 24 heavy (non-hydrogen) atoms. The van der Waals surface area contributed by atoms with Gasteiger partial charge in [-0.15, -0.1) is 0 Å². The zero-order valence-corrected chi connectivity index (χ0v) is 14.7. The molecule has 1 aliphatic rings. The van der Waals surface area contributed by atoms with Gasteiger partial charge in [-0.3, -0.25) is 4.79 Å². The van der Waals surface area contributed by atoms with Crippen LogP contribution in [0.4, 0.5) is 4.39 Å². The van der Waals surface area contributed by atoms with E-state index < -0.39 is 23.7 Å². The Morgan fingerprint density at radius 3 is 2.88 bits per heavy atom. The van der Waals surface area contributed by atoms with Gasteiger partial charge < -0.3 is 9.64 Å². The second-order valence-corrected chi connectivity index (χ2v) is 6.39. The molecule has 2 rings (SSSR count). The van der Waals surface area contributed by atoms with Gasteiger partial charge in [0.25, 0.3) is 5.91 Å². The van der Waals surface area contributed by atoms with E-state index >= 15 is 0 Å². The van der Waals surface area contributed by atoms with E-state index in [2.05, 4.69) is 6.92 Å². The molecule has 4 nitrogen and oxygen atoms in total. The highest BCUT2D eigenvalue weighted by molar-refractivity contribution is 6.31.